The molecule has 0 amide bonds. The number of rotatable bonds is 2. The highest BCUT2D eigenvalue weighted by Crippen LogP contribution is 2.28. The standard InChI is InChI=1S/C11H16ClN3O/c12-10-9(13)11(15-7-14-10)16-8-5-3-1-2-4-6-8/h7-8H,1-6,13H2. The SMILES string of the molecule is Nc1c(Cl)ncnc1OC1CCCCCC1. The second kappa shape index (κ2) is 5.34. The van der Waals surface area contributed by atoms with Crippen molar-refractivity contribution in [3.05, 3.63) is 11.5 Å². The summed E-state index contributed by atoms with van der Waals surface area (Å²) in [5, 5.41) is 0.263. The lowest BCUT2D eigenvalue weighted by atomic mass is 10.1. The number of aromatic nitrogens is 2. The second-order valence-corrected chi connectivity index (χ2v) is 4.47. The highest BCUT2D eigenvalue weighted by molar-refractivity contribution is 6.32. The Morgan fingerprint density at radius 1 is 1.19 bits per heavy atom. The van der Waals surface area contributed by atoms with Crippen molar-refractivity contribution < 1.29 is 4.74 Å². The number of hydrogen-bond donors (Lipinski definition) is 1. The average molecular weight is 242 g/mol. The molecule has 0 bridgehead atoms. The molecule has 0 atom stereocenters. The molecule has 0 saturated heterocycles. The Hall–Kier alpha value is -1.03. The number of nitrogens with two attached hydrogens (primary N) is 1. The summed E-state index contributed by atoms with van der Waals surface area (Å²) in [4.78, 5) is 7.82. The second-order valence-electron chi connectivity index (χ2n) is 4.11. The van der Waals surface area contributed by atoms with E-state index >= 15 is 0 Å². The Morgan fingerprint density at radius 2 is 1.88 bits per heavy atom. The van der Waals surface area contributed by atoms with Crippen LogP contribution in [0.15, 0.2) is 6.33 Å². The summed E-state index contributed by atoms with van der Waals surface area (Å²) in [7, 11) is 0. The number of ether oxygens (including phenoxy) is 1. The van der Waals surface area contributed by atoms with E-state index in [9.17, 15) is 0 Å². The summed E-state index contributed by atoms with van der Waals surface area (Å²) in [5.74, 6) is 0.423. The van der Waals surface area contributed by atoms with Crippen molar-refractivity contribution >= 4 is 17.3 Å². The van der Waals surface area contributed by atoms with Gasteiger partial charge in [0.1, 0.15) is 18.1 Å². The minimum Gasteiger partial charge on any atom is -0.473 e. The van der Waals surface area contributed by atoms with Gasteiger partial charge in [-0.3, -0.25) is 0 Å². The molecule has 1 aromatic heterocycles. The molecule has 0 spiro atoms. The van der Waals surface area contributed by atoms with Gasteiger partial charge in [-0.2, -0.15) is 4.98 Å². The van der Waals surface area contributed by atoms with E-state index in [0.717, 1.165) is 12.8 Å². The maximum atomic E-state index is 5.81. The average Bonchev–Trinajstić information content (AvgIpc) is 2.53. The summed E-state index contributed by atoms with van der Waals surface area (Å²) >= 11 is 5.81. The quantitative estimate of drug-likeness (QED) is 0.639. The van der Waals surface area contributed by atoms with Gasteiger partial charge in [0.15, 0.2) is 5.15 Å². The van der Waals surface area contributed by atoms with Crippen LogP contribution >= 0.6 is 11.6 Å². The lowest BCUT2D eigenvalue weighted by molar-refractivity contribution is 0.177. The van der Waals surface area contributed by atoms with Crippen molar-refractivity contribution in [2.24, 2.45) is 0 Å². The first kappa shape index (κ1) is 11.5. The highest BCUT2D eigenvalue weighted by atomic mass is 35.5. The minimum atomic E-state index is 0.218. The van der Waals surface area contributed by atoms with Gasteiger partial charge >= 0.3 is 0 Å². The Balaban J connectivity index is 2.04. The van der Waals surface area contributed by atoms with Crippen LogP contribution in [0.25, 0.3) is 0 Å². The molecule has 0 radical (unpaired) electrons. The first-order valence-corrected chi connectivity index (χ1v) is 6.08. The lowest BCUT2D eigenvalue weighted by Gasteiger charge is -2.17. The van der Waals surface area contributed by atoms with Gasteiger partial charge in [0.05, 0.1) is 0 Å². The van der Waals surface area contributed by atoms with Crippen molar-refractivity contribution in [3.8, 4) is 5.88 Å². The van der Waals surface area contributed by atoms with E-state index in [4.69, 9.17) is 22.1 Å². The van der Waals surface area contributed by atoms with E-state index < -0.39 is 0 Å². The van der Waals surface area contributed by atoms with Crippen LogP contribution in [-0.4, -0.2) is 16.1 Å². The zero-order chi connectivity index (χ0) is 11.4. The van der Waals surface area contributed by atoms with Crippen LogP contribution in [0.4, 0.5) is 5.69 Å². The fourth-order valence-corrected chi connectivity index (χ4v) is 2.10. The van der Waals surface area contributed by atoms with Crippen LogP contribution in [0.1, 0.15) is 38.5 Å². The van der Waals surface area contributed by atoms with E-state index in [1.165, 1.54) is 32.0 Å². The molecule has 88 valence electrons. The third-order valence-corrected chi connectivity index (χ3v) is 3.18. The third-order valence-electron chi connectivity index (χ3n) is 2.88. The van der Waals surface area contributed by atoms with Gasteiger partial charge in [0.2, 0.25) is 5.88 Å². The van der Waals surface area contributed by atoms with Gasteiger partial charge in [-0.1, -0.05) is 24.4 Å². The number of anilines is 1. The summed E-state index contributed by atoms with van der Waals surface area (Å²) in [6, 6.07) is 0. The molecule has 1 fully saturated rings. The topological polar surface area (TPSA) is 61.0 Å². The van der Waals surface area contributed by atoms with Crippen LogP contribution in [0.2, 0.25) is 5.15 Å². The molecule has 0 aliphatic heterocycles. The molecular formula is C11H16ClN3O. The zero-order valence-corrected chi connectivity index (χ0v) is 9.91. The molecular weight excluding hydrogens is 226 g/mol. The molecule has 0 unspecified atom stereocenters. The van der Waals surface area contributed by atoms with Crippen LogP contribution in [-0.2, 0) is 0 Å². The lowest BCUT2D eigenvalue weighted by Crippen LogP contribution is -2.17. The number of halogens is 1. The van der Waals surface area contributed by atoms with Crippen molar-refractivity contribution in [1.29, 1.82) is 0 Å². The normalized spacial score (nSPS) is 18.1. The molecule has 2 N–H and O–H groups in total. The van der Waals surface area contributed by atoms with Crippen LogP contribution in [0.5, 0.6) is 5.88 Å². The largest absolute Gasteiger partial charge is 0.473 e. The van der Waals surface area contributed by atoms with Crippen molar-refractivity contribution in [1.82, 2.24) is 9.97 Å². The number of hydrogen-bond acceptors (Lipinski definition) is 4. The number of nitrogen functional groups attached to an aromatic ring is 1. The van der Waals surface area contributed by atoms with Gasteiger partial charge < -0.3 is 10.5 Å². The molecule has 16 heavy (non-hydrogen) atoms. The van der Waals surface area contributed by atoms with Crippen molar-refractivity contribution in [3.63, 3.8) is 0 Å². The summed E-state index contributed by atoms with van der Waals surface area (Å²) in [5.41, 5.74) is 6.10. The van der Waals surface area contributed by atoms with Gasteiger partial charge in [-0.05, 0) is 25.7 Å². The van der Waals surface area contributed by atoms with Crippen LogP contribution in [0, 0.1) is 0 Å². The maximum Gasteiger partial charge on any atom is 0.242 e. The van der Waals surface area contributed by atoms with Crippen molar-refractivity contribution in [2.45, 2.75) is 44.6 Å². The Morgan fingerprint density at radius 3 is 2.56 bits per heavy atom. The third kappa shape index (κ3) is 2.76. The van der Waals surface area contributed by atoms with Gasteiger partial charge in [0.25, 0.3) is 0 Å². The molecule has 2 rings (SSSR count). The molecule has 4 nitrogen and oxygen atoms in total. The predicted octanol–water partition coefficient (Wildman–Crippen LogP) is 2.81. The van der Waals surface area contributed by atoms with E-state index in [0.29, 0.717) is 11.6 Å². The first-order chi connectivity index (χ1) is 7.77. The fourth-order valence-electron chi connectivity index (χ4n) is 1.97. The van der Waals surface area contributed by atoms with Crippen molar-refractivity contribution in [2.75, 3.05) is 5.73 Å². The molecule has 5 heteroatoms. The van der Waals surface area contributed by atoms with Crippen LogP contribution in [0.3, 0.4) is 0 Å². The predicted molar refractivity (Wildman–Crippen MR) is 63.6 cm³/mol. The number of nitrogens with zero attached hydrogens (tertiary/aromatic N) is 2. The zero-order valence-electron chi connectivity index (χ0n) is 9.16. The monoisotopic (exact) mass is 241 g/mol. The first-order valence-electron chi connectivity index (χ1n) is 5.70. The Bertz CT molecular complexity index is 351. The fraction of sp³-hybridized carbons (Fsp3) is 0.636. The molecule has 1 aliphatic carbocycles. The molecule has 1 saturated carbocycles. The molecule has 0 aromatic carbocycles. The van der Waals surface area contributed by atoms with Gasteiger partial charge in [0, 0.05) is 0 Å². The van der Waals surface area contributed by atoms with E-state index in [-0.39, 0.29) is 11.3 Å². The Kier molecular flexibility index (Phi) is 3.83. The van der Waals surface area contributed by atoms with E-state index in [1.54, 1.807) is 0 Å². The van der Waals surface area contributed by atoms with E-state index in [2.05, 4.69) is 9.97 Å². The van der Waals surface area contributed by atoms with Gasteiger partial charge in [-0.15, -0.1) is 0 Å². The van der Waals surface area contributed by atoms with E-state index in [1.807, 2.05) is 0 Å². The highest BCUT2D eigenvalue weighted by Gasteiger charge is 2.16. The smallest absolute Gasteiger partial charge is 0.242 e. The van der Waals surface area contributed by atoms with Gasteiger partial charge in [-0.25, -0.2) is 4.98 Å². The summed E-state index contributed by atoms with van der Waals surface area (Å²) < 4.78 is 5.79. The minimum absolute atomic E-state index is 0.218. The molecule has 1 aliphatic rings. The van der Waals surface area contributed by atoms with Crippen LogP contribution < -0.4 is 10.5 Å². The molecule has 1 aromatic rings. The molecule has 1 heterocycles. The summed E-state index contributed by atoms with van der Waals surface area (Å²) in [6.07, 6.45) is 8.75. The maximum absolute atomic E-state index is 5.81. The summed E-state index contributed by atoms with van der Waals surface area (Å²) in [6.45, 7) is 0. The Labute approximate surface area is 100 Å².